The first-order valence-corrected chi connectivity index (χ1v) is 6.59. The maximum Gasteiger partial charge on any atom is 0.308 e. The second-order valence-electron chi connectivity index (χ2n) is 5.46. The Kier molecular flexibility index (Phi) is 3.04. The molecule has 1 N–H and O–H groups in total. The lowest BCUT2D eigenvalue weighted by atomic mass is 9.92. The maximum atomic E-state index is 11.3. The van der Waals surface area contributed by atoms with Crippen LogP contribution in [0.1, 0.15) is 18.5 Å². The molecule has 2 atom stereocenters. The van der Waals surface area contributed by atoms with Crippen molar-refractivity contribution in [2.75, 3.05) is 13.1 Å². The molecule has 2 heterocycles. The van der Waals surface area contributed by atoms with E-state index in [2.05, 4.69) is 9.88 Å². The minimum absolute atomic E-state index is 0.179. The minimum atomic E-state index is -0.629. The number of hydrogen-bond acceptors (Lipinski definition) is 3. The number of hydrogen-bond donors (Lipinski definition) is 1. The van der Waals surface area contributed by atoms with E-state index in [4.69, 9.17) is 0 Å². The highest BCUT2D eigenvalue weighted by molar-refractivity contribution is 5.71. The van der Waals surface area contributed by atoms with E-state index in [1.807, 2.05) is 18.2 Å². The first-order chi connectivity index (χ1) is 8.74. The van der Waals surface area contributed by atoms with E-state index in [9.17, 15) is 9.90 Å². The van der Waals surface area contributed by atoms with Crippen molar-refractivity contribution in [1.82, 2.24) is 9.88 Å². The second kappa shape index (κ2) is 4.69. The van der Waals surface area contributed by atoms with Gasteiger partial charge in [0.05, 0.1) is 11.6 Å². The van der Waals surface area contributed by atoms with Crippen LogP contribution in [0.4, 0.5) is 0 Å². The Morgan fingerprint density at radius 1 is 1.39 bits per heavy atom. The van der Waals surface area contributed by atoms with Crippen LogP contribution in [0.25, 0.3) is 0 Å². The number of aliphatic carboxylic acids is 1. The van der Waals surface area contributed by atoms with Gasteiger partial charge in [-0.1, -0.05) is 6.07 Å². The summed E-state index contributed by atoms with van der Waals surface area (Å²) in [7, 11) is 0. The molecule has 1 aliphatic heterocycles. The lowest BCUT2D eigenvalue weighted by Crippen LogP contribution is -2.24. The summed E-state index contributed by atoms with van der Waals surface area (Å²) >= 11 is 0. The summed E-state index contributed by atoms with van der Waals surface area (Å²) in [4.78, 5) is 17.8. The number of rotatable bonds is 4. The van der Waals surface area contributed by atoms with Crippen molar-refractivity contribution in [2.45, 2.75) is 19.4 Å². The van der Waals surface area contributed by atoms with E-state index in [0.29, 0.717) is 18.4 Å². The van der Waals surface area contributed by atoms with Crippen LogP contribution in [0.15, 0.2) is 24.4 Å². The van der Waals surface area contributed by atoms with Gasteiger partial charge in [0, 0.05) is 25.8 Å². The SMILES string of the molecule is O=C(O)[C@@H]1CN(Cc2ccccn2)C[C@H]1C1CC1. The first-order valence-electron chi connectivity index (χ1n) is 6.59. The number of pyridine rings is 1. The lowest BCUT2D eigenvalue weighted by molar-refractivity contribution is -0.142. The van der Waals surface area contributed by atoms with E-state index in [-0.39, 0.29) is 5.92 Å². The fourth-order valence-electron chi connectivity index (χ4n) is 3.03. The van der Waals surface area contributed by atoms with Gasteiger partial charge in [-0.25, -0.2) is 0 Å². The van der Waals surface area contributed by atoms with E-state index in [1.165, 1.54) is 12.8 Å². The molecule has 0 aromatic carbocycles. The first kappa shape index (κ1) is 11.7. The van der Waals surface area contributed by atoms with Gasteiger partial charge in [0.15, 0.2) is 0 Å². The normalized spacial score (nSPS) is 28.4. The Morgan fingerprint density at radius 2 is 2.22 bits per heavy atom. The molecule has 3 rings (SSSR count). The highest BCUT2D eigenvalue weighted by Crippen LogP contribution is 2.44. The molecular weight excluding hydrogens is 228 g/mol. The fraction of sp³-hybridized carbons (Fsp3) is 0.571. The number of carboxylic acids is 1. The standard InChI is InChI=1S/C14H18N2O2/c17-14(18)13-9-16(8-12(13)10-4-5-10)7-11-3-1-2-6-15-11/h1-3,6,10,12-13H,4-5,7-9H2,(H,17,18)/t12-,13+/m0/s1. The van der Waals surface area contributed by atoms with Gasteiger partial charge < -0.3 is 5.11 Å². The zero-order chi connectivity index (χ0) is 12.5. The number of nitrogens with zero attached hydrogens (tertiary/aromatic N) is 2. The minimum Gasteiger partial charge on any atom is -0.481 e. The van der Waals surface area contributed by atoms with Gasteiger partial charge in [-0.3, -0.25) is 14.7 Å². The second-order valence-corrected chi connectivity index (χ2v) is 5.46. The van der Waals surface area contributed by atoms with Gasteiger partial charge in [-0.05, 0) is 36.8 Å². The Bertz CT molecular complexity index is 431. The molecule has 1 saturated heterocycles. The van der Waals surface area contributed by atoms with Gasteiger partial charge in [0.1, 0.15) is 0 Å². The van der Waals surface area contributed by atoms with Crippen molar-refractivity contribution in [3.8, 4) is 0 Å². The largest absolute Gasteiger partial charge is 0.481 e. The zero-order valence-corrected chi connectivity index (χ0v) is 10.3. The molecule has 0 unspecified atom stereocenters. The number of carboxylic acid groups (broad SMARTS) is 1. The van der Waals surface area contributed by atoms with Crippen molar-refractivity contribution in [3.05, 3.63) is 30.1 Å². The predicted molar refractivity (Wildman–Crippen MR) is 66.9 cm³/mol. The summed E-state index contributed by atoms with van der Waals surface area (Å²) < 4.78 is 0. The molecule has 4 nitrogen and oxygen atoms in total. The van der Waals surface area contributed by atoms with Crippen molar-refractivity contribution in [2.24, 2.45) is 17.8 Å². The van der Waals surface area contributed by atoms with Crippen LogP contribution in [0.2, 0.25) is 0 Å². The number of likely N-dealkylation sites (tertiary alicyclic amines) is 1. The van der Waals surface area contributed by atoms with Crippen LogP contribution in [-0.4, -0.2) is 34.0 Å². The molecule has 18 heavy (non-hydrogen) atoms. The molecule has 1 saturated carbocycles. The molecule has 4 heteroatoms. The predicted octanol–water partition coefficient (Wildman–Crippen LogP) is 1.62. The summed E-state index contributed by atoms with van der Waals surface area (Å²) in [5.41, 5.74) is 1.03. The smallest absolute Gasteiger partial charge is 0.308 e. The van der Waals surface area contributed by atoms with Crippen molar-refractivity contribution < 1.29 is 9.90 Å². The highest BCUT2D eigenvalue weighted by Gasteiger charge is 2.45. The fourth-order valence-corrected chi connectivity index (χ4v) is 3.03. The van der Waals surface area contributed by atoms with Gasteiger partial charge in [0.25, 0.3) is 0 Å². The molecule has 96 valence electrons. The lowest BCUT2D eigenvalue weighted by Gasteiger charge is -2.14. The van der Waals surface area contributed by atoms with Crippen molar-refractivity contribution in [3.63, 3.8) is 0 Å². The average Bonchev–Trinajstić information content (AvgIpc) is 3.12. The zero-order valence-electron chi connectivity index (χ0n) is 10.3. The summed E-state index contributed by atoms with van der Waals surface area (Å²) in [6.07, 6.45) is 4.22. The summed E-state index contributed by atoms with van der Waals surface area (Å²) in [6, 6.07) is 5.88. The Balaban J connectivity index is 1.66. The Morgan fingerprint density at radius 3 is 2.83 bits per heavy atom. The van der Waals surface area contributed by atoms with Gasteiger partial charge >= 0.3 is 5.97 Å². The molecule has 0 bridgehead atoms. The summed E-state index contributed by atoms with van der Waals surface area (Å²) in [6.45, 7) is 2.36. The topological polar surface area (TPSA) is 53.4 Å². The third-order valence-electron chi connectivity index (χ3n) is 4.10. The molecule has 1 aromatic rings. The average molecular weight is 246 g/mol. The quantitative estimate of drug-likeness (QED) is 0.877. The van der Waals surface area contributed by atoms with Crippen LogP contribution >= 0.6 is 0 Å². The van der Waals surface area contributed by atoms with E-state index >= 15 is 0 Å². The molecule has 0 radical (unpaired) electrons. The van der Waals surface area contributed by atoms with Crippen LogP contribution in [0.5, 0.6) is 0 Å². The molecule has 2 aliphatic rings. The molecular formula is C14H18N2O2. The molecule has 2 fully saturated rings. The van der Waals surface area contributed by atoms with Gasteiger partial charge in [0.2, 0.25) is 0 Å². The maximum absolute atomic E-state index is 11.3. The summed E-state index contributed by atoms with van der Waals surface area (Å²) in [5.74, 6) is 0.197. The molecule has 0 amide bonds. The Hall–Kier alpha value is -1.42. The highest BCUT2D eigenvalue weighted by atomic mass is 16.4. The third-order valence-corrected chi connectivity index (χ3v) is 4.10. The van der Waals surface area contributed by atoms with Gasteiger partial charge in [-0.2, -0.15) is 0 Å². The summed E-state index contributed by atoms with van der Waals surface area (Å²) in [5, 5.41) is 9.30. The number of aromatic nitrogens is 1. The monoisotopic (exact) mass is 246 g/mol. The van der Waals surface area contributed by atoms with Crippen LogP contribution in [0.3, 0.4) is 0 Å². The van der Waals surface area contributed by atoms with Crippen molar-refractivity contribution >= 4 is 5.97 Å². The van der Waals surface area contributed by atoms with Crippen LogP contribution < -0.4 is 0 Å². The molecule has 1 aliphatic carbocycles. The van der Waals surface area contributed by atoms with Crippen LogP contribution in [-0.2, 0) is 11.3 Å². The molecule has 1 aromatic heterocycles. The van der Waals surface area contributed by atoms with E-state index in [0.717, 1.165) is 18.8 Å². The van der Waals surface area contributed by atoms with Crippen LogP contribution in [0, 0.1) is 17.8 Å². The third kappa shape index (κ3) is 2.38. The van der Waals surface area contributed by atoms with E-state index < -0.39 is 5.97 Å². The van der Waals surface area contributed by atoms with E-state index in [1.54, 1.807) is 6.20 Å². The molecule has 0 spiro atoms. The van der Waals surface area contributed by atoms with Crippen molar-refractivity contribution in [1.29, 1.82) is 0 Å². The van der Waals surface area contributed by atoms with Gasteiger partial charge in [-0.15, -0.1) is 0 Å². The Labute approximate surface area is 107 Å². The number of carbonyl (C=O) groups is 1.